The number of carboxylic acids is 1. The van der Waals surface area contributed by atoms with Crippen molar-refractivity contribution in [1.29, 1.82) is 0 Å². The molecule has 5 nitrogen and oxygen atoms in total. The Kier molecular flexibility index (Phi) is 6.03. The van der Waals surface area contributed by atoms with Crippen molar-refractivity contribution >= 4 is 11.9 Å². The van der Waals surface area contributed by atoms with Crippen molar-refractivity contribution in [3.63, 3.8) is 0 Å². The summed E-state index contributed by atoms with van der Waals surface area (Å²) in [6.07, 6.45) is 0.522. The van der Waals surface area contributed by atoms with Gasteiger partial charge in [0, 0.05) is 11.6 Å². The van der Waals surface area contributed by atoms with E-state index in [-0.39, 0.29) is 24.5 Å². The molecule has 1 unspecified atom stereocenters. The third-order valence-corrected chi connectivity index (χ3v) is 2.72. The second-order valence-corrected chi connectivity index (χ2v) is 4.87. The molecule has 0 aliphatic heterocycles. The zero-order chi connectivity index (χ0) is 15.1. The Bertz CT molecular complexity index is 471. The molecule has 1 amide bonds. The quantitative estimate of drug-likeness (QED) is 0.804. The SMILES string of the molecule is CCC(CC(=O)O)NC(=O)c1cccc(OC(C)C)c1. The van der Waals surface area contributed by atoms with Gasteiger partial charge in [0.15, 0.2) is 0 Å². The van der Waals surface area contributed by atoms with Gasteiger partial charge in [-0.25, -0.2) is 0 Å². The van der Waals surface area contributed by atoms with Gasteiger partial charge in [-0.15, -0.1) is 0 Å². The third-order valence-electron chi connectivity index (χ3n) is 2.72. The zero-order valence-electron chi connectivity index (χ0n) is 12.1. The molecule has 0 aliphatic carbocycles. The average Bonchev–Trinajstić information content (AvgIpc) is 2.36. The van der Waals surface area contributed by atoms with Gasteiger partial charge in [0.1, 0.15) is 5.75 Å². The normalized spacial score (nSPS) is 12.0. The maximum absolute atomic E-state index is 12.1. The highest BCUT2D eigenvalue weighted by atomic mass is 16.5. The van der Waals surface area contributed by atoms with E-state index in [1.807, 2.05) is 20.8 Å². The molecule has 1 aromatic rings. The van der Waals surface area contributed by atoms with Crippen LogP contribution in [0.15, 0.2) is 24.3 Å². The van der Waals surface area contributed by atoms with Crippen molar-refractivity contribution < 1.29 is 19.4 Å². The van der Waals surface area contributed by atoms with Crippen LogP contribution in [-0.2, 0) is 4.79 Å². The van der Waals surface area contributed by atoms with Crippen LogP contribution >= 0.6 is 0 Å². The van der Waals surface area contributed by atoms with Crippen LogP contribution in [0.4, 0.5) is 0 Å². The summed E-state index contributed by atoms with van der Waals surface area (Å²) in [5.41, 5.74) is 0.465. The second-order valence-electron chi connectivity index (χ2n) is 4.87. The first kappa shape index (κ1) is 16.0. The van der Waals surface area contributed by atoms with Gasteiger partial charge in [-0.3, -0.25) is 9.59 Å². The number of ether oxygens (including phenoxy) is 1. The number of hydrogen-bond acceptors (Lipinski definition) is 3. The Morgan fingerprint density at radius 3 is 2.60 bits per heavy atom. The summed E-state index contributed by atoms with van der Waals surface area (Å²) in [5, 5.41) is 11.5. The number of amides is 1. The molecule has 0 fully saturated rings. The Morgan fingerprint density at radius 2 is 2.05 bits per heavy atom. The summed E-state index contributed by atoms with van der Waals surface area (Å²) in [6.45, 7) is 5.66. The van der Waals surface area contributed by atoms with Crippen LogP contribution in [0.25, 0.3) is 0 Å². The Labute approximate surface area is 118 Å². The standard InChI is InChI=1S/C15H21NO4/c1-4-12(9-14(17)18)16-15(19)11-6-5-7-13(8-11)20-10(2)3/h5-8,10,12H,4,9H2,1-3H3,(H,16,19)(H,17,18). The summed E-state index contributed by atoms with van der Waals surface area (Å²) >= 11 is 0. The third kappa shape index (κ3) is 5.30. The summed E-state index contributed by atoms with van der Waals surface area (Å²) in [5.74, 6) is -0.583. The number of hydrogen-bond donors (Lipinski definition) is 2. The topological polar surface area (TPSA) is 75.6 Å². The number of benzene rings is 1. The molecule has 0 bridgehead atoms. The van der Waals surface area contributed by atoms with Gasteiger partial charge >= 0.3 is 5.97 Å². The van der Waals surface area contributed by atoms with Gasteiger partial charge in [0.2, 0.25) is 0 Å². The zero-order valence-corrected chi connectivity index (χ0v) is 12.1. The van der Waals surface area contributed by atoms with Crippen LogP contribution in [0.3, 0.4) is 0 Å². The first-order valence-corrected chi connectivity index (χ1v) is 6.71. The van der Waals surface area contributed by atoms with Crippen LogP contribution in [0.5, 0.6) is 5.75 Å². The lowest BCUT2D eigenvalue weighted by Crippen LogP contribution is -2.36. The van der Waals surface area contributed by atoms with E-state index in [1.165, 1.54) is 0 Å². The van der Waals surface area contributed by atoms with E-state index in [0.717, 1.165) is 0 Å². The fourth-order valence-corrected chi connectivity index (χ4v) is 1.76. The second kappa shape index (κ2) is 7.53. The highest BCUT2D eigenvalue weighted by Gasteiger charge is 2.15. The van der Waals surface area contributed by atoms with E-state index in [9.17, 15) is 9.59 Å². The van der Waals surface area contributed by atoms with Crippen LogP contribution in [0.2, 0.25) is 0 Å². The van der Waals surface area contributed by atoms with E-state index in [1.54, 1.807) is 24.3 Å². The number of rotatable bonds is 7. The highest BCUT2D eigenvalue weighted by Crippen LogP contribution is 2.15. The number of carboxylic acid groups (broad SMARTS) is 1. The first-order valence-electron chi connectivity index (χ1n) is 6.71. The largest absolute Gasteiger partial charge is 0.491 e. The molecular weight excluding hydrogens is 258 g/mol. The van der Waals surface area contributed by atoms with Gasteiger partial charge in [0.25, 0.3) is 5.91 Å². The van der Waals surface area contributed by atoms with E-state index >= 15 is 0 Å². The maximum Gasteiger partial charge on any atom is 0.305 e. The molecule has 0 aromatic heterocycles. The molecule has 20 heavy (non-hydrogen) atoms. The van der Waals surface area contributed by atoms with Gasteiger partial charge in [-0.1, -0.05) is 13.0 Å². The predicted octanol–water partition coefficient (Wildman–Crippen LogP) is 2.46. The summed E-state index contributed by atoms with van der Waals surface area (Å²) in [7, 11) is 0. The van der Waals surface area contributed by atoms with Crippen molar-refractivity contribution in [2.24, 2.45) is 0 Å². The first-order chi connectivity index (χ1) is 9.42. The molecule has 5 heteroatoms. The minimum absolute atomic E-state index is 0.0312. The van der Waals surface area contributed by atoms with Crippen LogP contribution in [0, 0.1) is 0 Å². The maximum atomic E-state index is 12.1. The molecular formula is C15H21NO4. The molecule has 1 atom stereocenters. The Morgan fingerprint density at radius 1 is 1.35 bits per heavy atom. The number of nitrogens with one attached hydrogen (secondary N) is 1. The summed E-state index contributed by atoms with van der Waals surface area (Å²) in [4.78, 5) is 22.8. The smallest absolute Gasteiger partial charge is 0.305 e. The minimum Gasteiger partial charge on any atom is -0.491 e. The van der Waals surface area contributed by atoms with Crippen molar-refractivity contribution in [3.05, 3.63) is 29.8 Å². The van der Waals surface area contributed by atoms with E-state index < -0.39 is 5.97 Å². The Balaban J connectivity index is 2.73. The van der Waals surface area contributed by atoms with E-state index in [0.29, 0.717) is 17.7 Å². The van der Waals surface area contributed by atoms with Crippen molar-refractivity contribution in [2.75, 3.05) is 0 Å². The van der Waals surface area contributed by atoms with Crippen molar-refractivity contribution in [3.8, 4) is 5.75 Å². The molecule has 2 N–H and O–H groups in total. The van der Waals surface area contributed by atoms with Gasteiger partial charge < -0.3 is 15.2 Å². The molecule has 0 heterocycles. The monoisotopic (exact) mass is 279 g/mol. The van der Waals surface area contributed by atoms with Crippen LogP contribution in [0.1, 0.15) is 44.0 Å². The summed E-state index contributed by atoms with van der Waals surface area (Å²) < 4.78 is 5.53. The molecule has 1 rings (SSSR count). The molecule has 0 spiro atoms. The fraction of sp³-hybridized carbons (Fsp3) is 0.467. The average molecular weight is 279 g/mol. The van der Waals surface area contributed by atoms with Gasteiger partial charge in [-0.2, -0.15) is 0 Å². The van der Waals surface area contributed by atoms with Crippen molar-refractivity contribution in [1.82, 2.24) is 5.32 Å². The summed E-state index contributed by atoms with van der Waals surface area (Å²) in [6, 6.07) is 6.49. The highest BCUT2D eigenvalue weighted by molar-refractivity contribution is 5.95. The molecule has 0 radical (unpaired) electrons. The lowest BCUT2D eigenvalue weighted by molar-refractivity contribution is -0.137. The predicted molar refractivity (Wildman–Crippen MR) is 76.0 cm³/mol. The molecule has 0 saturated heterocycles. The molecule has 110 valence electrons. The number of aliphatic carboxylic acids is 1. The van der Waals surface area contributed by atoms with E-state index in [4.69, 9.17) is 9.84 Å². The van der Waals surface area contributed by atoms with Crippen molar-refractivity contribution in [2.45, 2.75) is 45.8 Å². The van der Waals surface area contributed by atoms with Gasteiger partial charge in [0.05, 0.1) is 12.5 Å². The minimum atomic E-state index is -0.922. The Hall–Kier alpha value is -2.04. The fourth-order valence-electron chi connectivity index (χ4n) is 1.76. The molecule has 0 saturated carbocycles. The molecule has 0 aliphatic rings. The van der Waals surface area contributed by atoms with Gasteiger partial charge in [-0.05, 0) is 38.5 Å². The lowest BCUT2D eigenvalue weighted by Gasteiger charge is -2.15. The lowest BCUT2D eigenvalue weighted by atomic mass is 10.1. The van der Waals surface area contributed by atoms with Crippen LogP contribution < -0.4 is 10.1 Å². The number of carbonyl (C=O) groups is 2. The molecule has 1 aromatic carbocycles. The van der Waals surface area contributed by atoms with Crippen LogP contribution in [-0.4, -0.2) is 29.1 Å². The number of carbonyl (C=O) groups excluding carboxylic acids is 1. The van der Waals surface area contributed by atoms with E-state index in [2.05, 4.69) is 5.32 Å².